The van der Waals surface area contributed by atoms with Crippen LogP contribution >= 0.6 is 0 Å². The van der Waals surface area contributed by atoms with Crippen molar-refractivity contribution in [1.82, 2.24) is 15.0 Å². The highest BCUT2D eigenvalue weighted by molar-refractivity contribution is 6.23. The molecule has 0 bridgehead atoms. The minimum atomic E-state index is 0.623. The first-order chi connectivity index (χ1) is 25.3. The molecule has 2 heterocycles. The quantitative estimate of drug-likeness (QED) is 0.186. The summed E-state index contributed by atoms with van der Waals surface area (Å²) in [5, 5.41) is 6.80. The normalized spacial score (nSPS) is 11.5. The number of rotatable bonds is 5. The first-order valence-electron chi connectivity index (χ1n) is 17.1. The number of hydrogen-bond donors (Lipinski definition) is 0. The predicted molar refractivity (Wildman–Crippen MR) is 209 cm³/mol. The molecule has 0 aliphatic carbocycles. The van der Waals surface area contributed by atoms with Crippen molar-refractivity contribution in [2.45, 2.75) is 0 Å². The maximum atomic E-state index is 6.45. The smallest absolute Gasteiger partial charge is 0.164 e. The van der Waals surface area contributed by atoms with Gasteiger partial charge in [-0.3, -0.25) is 0 Å². The molecule has 51 heavy (non-hydrogen) atoms. The van der Waals surface area contributed by atoms with Crippen molar-refractivity contribution in [3.8, 4) is 56.4 Å². The van der Waals surface area contributed by atoms with E-state index in [2.05, 4.69) is 127 Å². The van der Waals surface area contributed by atoms with Gasteiger partial charge in [-0.25, -0.2) is 15.0 Å². The lowest BCUT2D eigenvalue weighted by molar-refractivity contribution is 0.669. The molecule has 0 amide bonds. The Hall–Kier alpha value is -6.91. The first-order valence-corrected chi connectivity index (χ1v) is 17.1. The van der Waals surface area contributed by atoms with E-state index in [0.717, 1.165) is 77.0 Å². The van der Waals surface area contributed by atoms with E-state index in [1.807, 2.05) is 48.5 Å². The van der Waals surface area contributed by atoms with Gasteiger partial charge >= 0.3 is 0 Å². The van der Waals surface area contributed by atoms with E-state index >= 15 is 0 Å². The molecule has 2 aromatic heterocycles. The zero-order valence-corrected chi connectivity index (χ0v) is 27.5. The molecule has 0 saturated heterocycles. The molecule has 0 radical (unpaired) electrons. The van der Waals surface area contributed by atoms with Crippen LogP contribution in [0.3, 0.4) is 0 Å². The lowest BCUT2D eigenvalue weighted by atomic mass is 9.90. The summed E-state index contributed by atoms with van der Waals surface area (Å²) in [7, 11) is 0. The second-order valence-electron chi connectivity index (χ2n) is 12.8. The molecule has 0 saturated carbocycles. The van der Waals surface area contributed by atoms with Gasteiger partial charge in [0.15, 0.2) is 17.5 Å². The molecule has 0 atom stereocenters. The van der Waals surface area contributed by atoms with E-state index in [1.165, 1.54) is 5.39 Å². The van der Waals surface area contributed by atoms with Crippen molar-refractivity contribution in [2.24, 2.45) is 0 Å². The number of hydrogen-bond acceptors (Lipinski definition) is 4. The fourth-order valence-electron chi connectivity index (χ4n) is 7.28. The van der Waals surface area contributed by atoms with E-state index in [1.54, 1.807) is 0 Å². The number of aromatic nitrogens is 3. The minimum Gasteiger partial charge on any atom is -0.456 e. The summed E-state index contributed by atoms with van der Waals surface area (Å²) in [6.45, 7) is 0. The van der Waals surface area contributed by atoms with Gasteiger partial charge in [0.25, 0.3) is 0 Å². The van der Waals surface area contributed by atoms with E-state index in [9.17, 15) is 0 Å². The third-order valence-electron chi connectivity index (χ3n) is 9.69. The van der Waals surface area contributed by atoms with Crippen molar-refractivity contribution in [3.63, 3.8) is 0 Å². The monoisotopic (exact) mass is 651 g/mol. The molecule has 0 aliphatic heterocycles. The van der Waals surface area contributed by atoms with Gasteiger partial charge in [-0.05, 0) is 62.5 Å². The van der Waals surface area contributed by atoms with Gasteiger partial charge in [0, 0.05) is 33.0 Å². The molecule has 0 aliphatic rings. The van der Waals surface area contributed by atoms with Crippen LogP contribution in [-0.2, 0) is 0 Å². The Morgan fingerprint density at radius 1 is 0.333 bits per heavy atom. The zero-order chi connectivity index (χ0) is 33.7. The zero-order valence-electron chi connectivity index (χ0n) is 27.5. The van der Waals surface area contributed by atoms with Gasteiger partial charge < -0.3 is 4.42 Å². The van der Waals surface area contributed by atoms with Gasteiger partial charge in [0.1, 0.15) is 11.2 Å². The van der Waals surface area contributed by atoms with Crippen LogP contribution in [0, 0.1) is 0 Å². The van der Waals surface area contributed by atoms with Crippen LogP contribution in [0.15, 0.2) is 180 Å². The second-order valence-corrected chi connectivity index (χ2v) is 12.8. The predicted octanol–water partition coefficient (Wildman–Crippen LogP) is 12.4. The fourth-order valence-corrected chi connectivity index (χ4v) is 7.28. The van der Waals surface area contributed by atoms with Crippen LogP contribution < -0.4 is 0 Å². The Morgan fingerprint density at radius 2 is 0.922 bits per heavy atom. The average molecular weight is 652 g/mol. The van der Waals surface area contributed by atoms with E-state index < -0.39 is 0 Å². The maximum Gasteiger partial charge on any atom is 0.164 e. The molecule has 0 fully saturated rings. The number of para-hydroxylation sites is 1. The van der Waals surface area contributed by atoms with Crippen LogP contribution in [-0.4, -0.2) is 15.0 Å². The van der Waals surface area contributed by atoms with Crippen molar-refractivity contribution < 1.29 is 4.42 Å². The van der Waals surface area contributed by atoms with Gasteiger partial charge in [-0.2, -0.15) is 0 Å². The Balaban J connectivity index is 1.20. The summed E-state index contributed by atoms with van der Waals surface area (Å²) in [6.07, 6.45) is 0. The fraction of sp³-hybridized carbons (Fsp3) is 0. The molecule has 4 heteroatoms. The van der Waals surface area contributed by atoms with Gasteiger partial charge in [-0.15, -0.1) is 0 Å². The van der Waals surface area contributed by atoms with Gasteiger partial charge in [0.2, 0.25) is 0 Å². The molecule has 0 spiro atoms. The van der Waals surface area contributed by atoms with Crippen molar-refractivity contribution >= 4 is 43.5 Å². The number of nitrogens with zero attached hydrogens (tertiary/aromatic N) is 3. The van der Waals surface area contributed by atoms with Crippen LogP contribution in [0.1, 0.15) is 0 Å². The van der Waals surface area contributed by atoms with Crippen LogP contribution in [0.25, 0.3) is 99.9 Å². The number of furan rings is 1. The molecule has 238 valence electrons. The van der Waals surface area contributed by atoms with Gasteiger partial charge in [-0.1, -0.05) is 152 Å². The molecule has 0 N–H and O–H groups in total. The molecule has 10 aromatic rings. The Labute approximate surface area is 294 Å². The summed E-state index contributed by atoms with van der Waals surface area (Å²) in [6, 6.07) is 61.0. The standard InChI is InChI=1S/C47H29N3O/c1-3-13-30(14-4-1)33-19-11-20-35(27-33)46-48-45(32-15-5-2-6-16-32)49-47(50-46)36-26-25-31-18-12-23-38(40(31)28-36)43-37-21-8-7-17-34(37)29-42-44(43)39-22-9-10-24-41(39)51-42/h1-29H. The minimum absolute atomic E-state index is 0.623. The first kappa shape index (κ1) is 29.0. The topological polar surface area (TPSA) is 51.8 Å². The number of benzene rings is 8. The third-order valence-corrected chi connectivity index (χ3v) is 9.69. The highest BCUT2D eigenvalue weighted by atomic mass is 16.3. The van der Waals surface area contributed by atoms with E-state index in [-0.39, 0.29) is 0 Å². The summed E-state index contributed by atoms with van der Waals surface area (Å²) >= 11 is 0. The highest BCUT2D eigenvalue weighted by Crippen LogP contribution is 2.44. The van der Waals surface area contributed by atoms with Crippen LogP contribution in [0.5, 0.6) is 0 Å². The lowest BCUT2D eigenvalue weighted by Crippen LogP contribution is -2.00. The Morgan fingerprint density at radius 3 is 1.73 bits per heavy atom. The SMILES string of the molecule is c1ccc(-c2cccc(-c3nc(-c4ccccc4)nc(-c4ccc5cccc(-c6c7ccccc7cc7oc8ccccc8c67)c5c4)n3)c2)cc1. The van der Waals surface area contributed by atoms with Crippen molar-refractivity contribution in [2.75, 3.05) is 0 Å². The Kier molecular flexibility index (Phi) is 6.78. The third kappa shape index (κ3) is 5.04. The van der Waals surface area contributed by atoms with E-state index in [4.69, 9.17) is 19.4 Å². The molecule has 10 rings (SSSR count). The summed E-state index contributed by atoms with van der Waals surface area (Å²) < 4.78 is 6.45. The molecular weight excluding hydrogens is 623 g/mol. The van der Waals surface area contributed by atoms with Crippen LogP contribution in [0.2, 0.25) is 0 Å². The molecule has 4 nitrogen and oxygen atoms in total. The van der Waals surface area contributed by atoms with Crippen molar-refractivity contribution in [3.05, 3.63) is 176 Å². The van der Waals surface area contributed by atoms with Crippen LogP contribution in [0.4, 0.5) is 0 Å². The summed E-state index contributed by atoms with van der Waals surface area (Å²) in [5.41, 5.74) is 9.11. The van der Waals surface area contributed by atoms with Gasteiger partial charge in [0.05, 0.1) is 0 Å². The maximum absolute atomic E-state index is 6.45. The summed E-state index contributed by atoms with van der Waals surface area (Å²) in [5.74, 6) is 1.89. The summed E-state index contributed by atoms with van der Waals surface area (Å²) in [4.78, 5) is 15.2. The largest absolute Gasteiger partial charge is 0.456 e. The Bertz CT molecular complexity index is 2910. The molecule has 8 aromatic carbocycles. The molecular formula is C47H29N3O. The molecule has 0 unspecified atom stereocenters. The average Bonchev–Trinajstić information content (AvgIpc) is 3.58. The lowest BCUT2D eigenvalue weighted by Gasteiger charge is -2.14. The highest BCUT2D eigenvalue weighted by Gasteiger charge is 2.19. The van der Waals surface area contributed by atoms with Crippen molar-refractivity contribution in [1.29, 1.82) is 0 Å². The second kappa shape index (κ2) is 11.9. The van der Waals surface area contributed by atoms with E-state index in [0.29, 0.717) is 17.5 Å². The number of fused-ring (bicyclic) bond motifs is 5.